The van der Waals surface area contributed by atoms with Crippen LogP contribution in [0, 0.1) is 6.92 Å². The van der Waals surface area contributed by atoms with Gasteiger partial charge in [0.25, 0.3) is 22.9 Å². The molecule has 0 unspecified atom stereocenters. The number of hydrogen-bond acceptors (Lipinski definition) is 4. The first-order valence-electron chi connectivity index (χ1n) is 7.61. The molecule has 0 fully saturated rings. The van der Waals surface area contributed by atoms with E-state index in [-0.39, 0.29) is 5.56 Å². The van der Waals surface area contributed by atoms with Crippen LogP contribution in [-0.2, 0) is 17.4 Å². The minimum atomic E-state index is -5.36. The molecule has 2 amide bonds. The molecule has 0 spiro atoms. The Bertz CT molecular complexity index is 1090. The quantitative estimate of drug-likeness (QED) is 0.703. The number of rotatable bonds is 2. The van der Waals surface area contributed by atoms with E-state index >= 15 is 0 Å². The van der Waals surface area contributed by atoms with Gasteiger partial charge >= 0.3 is 11.9 Å². The van der Waals surface area contributed by atoms with Crippen LogP contribution in [0.2, 0.25) is 0 Å². The van der Waals surface area contributed by atoms with Crippen molar-refractivity contribution < 1.29 is 22.8 Å². The highest BCUT2D eigenvalue weighted by atomic mass is 19.4. The number of nitrogens with one attached hydrogen (secondary N) is 3. The summed E-state index contributed by atoms with van der Waals surface area (Å²) in [5, 5.41) is 3.56. The Morgan fingerprint density at radius 3 is 2.41 bits per heavy atom. The van der Waals surface area contributed by atoms with E-state index < -0.39 is 46.2 Å². The predicted octanol–water partition coefficient (Wildman–Crippen LogP) is 0.522. The van der Waals surface area contributed by atoms with Gasteiger partial charge in [-0.3, -0.25) is 23.9 Å². The van der Waals surface area contributed by atoms with Crippen LogP contribution in [0.25, 0.3) is 0 Å². The van der Waals surface area contributed by atoms with Gasteiger partial charge in [-0.15, -0.1) is 0 Å². The maximum absolute atomic E-state index is 14.0. The Balaban J connectivity index is 2.26. The second-order valence-electron chi connectivity index (χ2n) is 6.01. The Hall–Kier alpha value is -3.37. The molecule has 8 nitrogen and oxygen atoms in total. The van der Waals surface area contributed by atoms with E-state index in [1.54, 1.807) is 16.4 Å². The number of carbonyl (C=O) groups excluding carboxylic acids is 2. The Kier molecular flexibility index (Phi) is 3.98. The van der Waals surface area contributed by atoms with Crippen molar-refractivity contribution in [3.63, 3.8) is 0 Å². The van der Waals surface area contributed by atoms with Crippen molar-refractivity contribution in [1.82, 2.24) is 14.9 Å². The third kappa shape index (κ3) is 2.54. The summed E-state index contributed by atoms with van der Waals surface area (Å²) < 4.78 is 42.7. The lowest BCUT2D eigenvalue weighted by Gasteiger charge is -2.30. The fourth-order valence-corrected chi connectivity index (χ4v) is 2.96. The summed E-state index contributed by atoms with van der Waals surface area (Å²) in [6.07, 6.45) is -5.36. The molecule has 27 heavy (non-hydrogen) atoms. The number of hydrogen-bond donors (Lipinski definition) is 3. The number of amides is 2. The van der Waals surface area contributed by atoms with Crippen molar-refractivity contribution in [2.24, 2.45) is 7.05 Å². The molecule has 0 bridgehead atoms. The van der Waals surface area contributed by atoms with Crippen LogP contribution in [-0.4, -0.2) is 27.5 Å². The van der Waals surface area contributed by atoms with Gasteiger partial charge in [-0.05, 0) is 18.6 Å². The van der Waals surface area contributed by atoms with Crippen molar-refractivity contribution in [3.05, 3.63) is 61.8 Å². The zero-order valence-electron chi connectivity index (χ0n) is 14.0. The van der Waals surface area contributed by atoms with Crippen LogP contribution in [0.5, 0.6) is 0 Å². The van der Waals surface area contributed by atoms with E-state index in [2.05, 4.69) is 0 Å². The van der Waals surface area contributed by atoms with Crippen molar-refractivity contribution in [3.8, 4) is 0 Å². The average molecular weight is 382 g/mol. The lowest BCUT2D eigenvalue weighted by molar-refractivity contribution is -0.196. The summed E-state index contributed by atoms with van der Waals surface area (Å²) in [5.41, 5.74) is -6.88. The van der Waals surface area contributed by atoms with Crippen LogP contribution in [0.4, 0.5) is 19.0 Å². The molecule has 0 saturated heterocycles. The first kappa shape index (κ1) is 18.4. The number of nitrogens with zero attached hydrogens (tertiary/aromatic N) is 1. The van der Waals surface area contributed by atoms with Crippen molar-refractivity contribution in [1.29, 1.82) is 0 Å². The molecule has 11 heteroatoms. The molecule has 3 N–H and O–H groups in total. The van der Waals surface area contributed by atoms with Gasteiger partial charge in [0.2, 0.25) is 0 Å². The number of fused-ring (bicyclic) bond motifs is 1. The highest BCUT2D eigenvalue weighted by molar-refractivity contribution is 6.09. The molecule has 1 aliphatic heterocycles. The van der Waals surface area contributed by atoms with E-state index in [4.69, 9.17) is 0 Å². The molecular formula is C16H13F3N4O4. The summed E-state index contributed by atoms with van der Waals surface area (Å²) in [6.45, 7) is 1.51. The Labute approximate surface area is 149 Å². The Morgan fingerprint density at radius 2 is 1.81 bits per heavy atom. The second kappa shape index (κ2) is 5.83. The summed E-state index contributed by atoms with van der Waals surface area (Å²) in [6, 6.07) is 5.83. The topological polar surface area (TPSA) is 113 Å². The smallest absolute Gasteiger partial charge is 0.326 e. The van der Waals surface area contributed by atoms with Gasteiger partial charge in [0.1, 0.15) is 11.4 Å². The highest BCUT2D eigenvalue weighted by Crippen LogP contribution is 2.44. The third-order valence-corrected chi connectivity index (χ3v) is 4.39. The van der Waals surface area contributed by atoms with Crippen LogP contribution >= 0.6 is 0 Å². The number of H-pyrrole nitrogens is 1. The van der Waals surface area contributed by atoms with Crippen LogP contribution < -0.4 is 21.9 Å². The third-order valence-electron chi connectivity index (χ3n) is 4.39. The summed E-state index contributed by atoms with van der Waals surface area (Å²) in [5.74, 6) is -3.50. The van der Waals surface area contributed by atoms with Gasteiger partial charge in [-0.2, -0.15) is 13.2 Å². The molecule has 2 aromatic rings. The number of aryl methyl sites for hydroxylation is 1. The van der Waals surface area contributed by atoms with Gasteiger partial charge in [0.05, 0.1) is 0 Å². The van der Waals surface area contributed by atoms with Gasteiger partial charge < -0.3 is 10.6 Å². The molecule has 0 radical (unpaired) electrons. The molecule has 1 atom stereocenters. The molecule has 1 aliphatic rings. The van der Waals surface area contributed by atoms with Gasteiger partial charge in [0.15, 0.2) is 0 Å². The molecule has 1 aromatic carbocycles. The van der Waals surface area contributed by atoms with E-state index in [1.807, 2.05) is 5.32 Å². The second-order valence-corrected chi connectivity index (χ2v) is 6.01. The first-order valence-corrected chi connectivity index (χ1v) is 7.61. The molecule has 3 rings (SSSR count). The number of alkyl halides is 3. The van der Waals surface area contributed by atoms with E-state index in [0.29, 0.717) is 10.1 Å². The van der Waals surface area contributed by atoms with E-state index in [9.17, 15) is 32.3 Å². The largest absolute Gasteiger partial charge is 0.425 e. The van der Waals surface area contributed by atoms with E-state index in [1.165, 1.54) is 25.1 Å². The van der Waals surface area contributed by atoms with Crippen LogP contribution in [0.3, 0.4) is 0 Å². The number of aromatic nitrogens is 2. The minimum absolute atomic E-state index is 0.0939. The van der Waals surface area contributed by atoms with Crippen molar-refractivity contribution >= 4 is 17.6 Å². The maximum Gasteiger partial charge on any atom is 0.425 e. The monoisotopic (exact) mass is 382 g/mol. The average Bonchev–Trinajstić information content (AvgIpc) is 2.87. The zero-order valence-corrected chi connectivity index (χ0v) is 14.0. The van der Waals surface area contributed by atoms with E-state index in [0.717, 1.165) is 7.05 Å². The standard InChI is InChI=1S/C16H13F3N4O4/c1-7-5-3-4-6-8(7)11(24)22-15(16(17,18)19)9-10(20-13(15)26)23(2)14(27)21-12(9)25/h3-6H,1-2H3,(H,20,26)(H,22,24)(H,21,25,27)/t15-/m0/s1. The number of benzene rings is 1. The first-order chi connectivity index (χ1) is 12.5. The molecule has 2 heterocycles. The molecule has 0 saturated carbocycles. The van der Waals surface area contributed by atoms with Gasteiger partial charge in [-0.25, -0.2) is 4.79 Å². The van der Waals surface area contributed by atoms with Gasteiger partial charge in [0, 0.05) is 12.6 Å². The highest BCUT2D eigenvalue weighted by Gasteiger charge is 2.68. The minimum Gasteiger partial charge on any atom is -0.326 e. The zero-order chi connectivity index (χ0) is 20.1. The van der Waals surface area contributed by atoms with Crippen molar-refractivity contribution in [2.45, 2.75) is 18.6 Å². The number of anilines is 1. The normalized spacial score (nSPS) is 18.8. The fourth-order valence-electron chi connectivity index (χ4n) is 2.96. The fraction of sp³-hybridized carbons (Fsp3) is 0.250. The number of carbonyl (C=O) groups is 2. The SMILES string of the molecule is Cc1ccccc1C(=O)N[C@]1(C(F)(F)F)C(=O)Nc2c1c(=O)[nH]c(=O)n2C. The summed E-state index contributed by atoms with van der Waals surface area (Å²) in [7, 11) is 1.08. The lowest BCUT2D eigenvalue weighted by atomic mass is 9.91. The van der Waals surface area contributed by atoms with Crippen molar-refractivity contribution in [2.75, 3.05) is 5.32 Å². The maximum atomic E-state index is 14.0. The molecule has 1 aromatic heterocycles. The number of aromatic amines is 1. The lowest BCUT2D eigenvalue weighted by Crippen LogP contribution is -2.62. The molecular weight excluding hydrogens is 369 g/mol. The number of halogens is 3. The van der Waals surface area contributed by atoms with Crippen LogP contribution in [0.1, 0.15) is 21.5 Å². The van der Waals surface area contributed by atoms with Crippen LogP contribution in [0.15, 0.2) is 33.9 Å². The molecule has 0 aliphatic carbocycles. The predicted molar refractivity (Wildman–Crippen MR) is 87.3 cm³/mol. The Morgan fingerprint density at radius 1 is 1.19 bits per heavy atom. The summed E-state index contributed by atoms with van der Waals surface area (Å²) >= 11 is 0. The molecule has 142 valence electrons. The summed E-state index contributed by atoms with van der Waals surface area (Å²) in [4.78, 5) is 50.4. The van der Waals surface area contributed by atoms with Gasteiger partial charge in [-0.1, -0.05) is 18.2 Å².